The van der Waals surface area contributed by atoms with Gasteiger partial charge < -0.3 is 86.8 Å². The molecule has 40 nitrogen and oxygen atoms in total. The second-order valence-electron chi connectivity index (χ2n) is 32.3. The molecule has 9 aromatic heterocycles. The summed E-state index contributed by atoms with van der Waals surface area (Å²) in [6.07, 6.45) is 13.1. The van der Waals surface area contributed by atoms with Crippen LogP contribution in [0.1, 0.15) is 257 Å². The van der Waals surface area contributed by atoms with Gasteiger partial charge in [0, 0.05) is 103 Å². The zero-order valence-corrected chi connectivity index (χ0v) is 75.9. The van der Waals surface area contributed by atoms with E-state index < -0.39 is 118 Å². The van der Waals surface area contributed by atoms with E-state index in [4.69, 9.17) is 34.0 Å². The number of nitrogens with zero attached hydrogens (tertiary/aromatic N) is 12. The van der Waals surface area contributed by atoms with E-state index in [1.54, 1.807) is 89.6 Å². The molecule has 15 heterocycles. The number of aromatic carboxylic acids is 1. The van der Waals surface area contributed by atoms with Gasteiger partial charge in [0.2, 0.25) is 5.65 Å². The summed E-state index contributed by atoms with van der Waals surface area (Å²) >= 11 is 0. The van der Waals surface area contributed by atoms with Gasteiger partial charge in [-0.3, -0.25) is 28.8 Å². The molecule has 6 aliphatic heterocycles. The number of carbonyl (C=O) groups is 15. The van der Waals surface area contributed by atoms with E-state index in [2.05, 4.69) is 56.1 Å². The number of aromatic amines is 1. The number of amides is 3. The number of carbonyl (C=O) groups excluding carboxylic acids is 13. The number of rotatable bonds is 21. The number of hydrogen-bond acceptors (Lipinski definition) is 27. The molecule has 0 spiro atoms. The Kier molecular flexibility index (Phi) is 29.3. The second-order valence-corrected chi connectivity index (χ2v) is 32.3. The first-order valence-electron chi connectivity index (χ1n) is 43.1. The Morgan fingerprint density at radius 2 is 0.816 bits per heavy atom. The number of nitrogens with one attached hydrogen (secondary N) is 4. The Balaban J connectivity index is 0.000000140. The molecule has 0 unspecified atom stereocenters. The first-order valence-corrected chi connectivity index (χ1v) is 43.1. The summed E-state index contributed by atoms with van der Waals surface area (Å²) in [7, 11) is 6.47. The van der Waals surface area contributed by atoms with Crippen LogP contribution in [0.25, 0.3) is 11.2 Å². The van der Waals surface area contributed by atoms with E-state index in [-0.39, 0.29) is 46.1 Å². The first kappa shape index (κ1) is 97.7. The van der Waals surface area contributed by atoms with Gasteiger partial charge >= 0.3 is 53.7 Å². The quantitative estimate of drug-likeness (QED) is 0.00972. The molecule has 0 atom stereocenters. The highest BCUT2D eigenvalue weighted by Crippen LogP contribution is 2.45. The van der Waals surface area contributed by atoms with E-state index in [0.717, 1.165) is 84.0 Å². The Hall–Kier alpha value is -15.8. The molecule has 7 aliphatic rings. The lowest BCUT2D eigenvalue weighted by molar-refractivity contribution is -0.137. The first-order chi connectivity index (χ1) is 64.9. The van der Waals surface area contributed by atoms with Gasteiger partial charge in [-0.25, -0.2) is 65.7 Å². The smallest absolute Gasteiger partial charge is 0.379 e. The standard InChI is InChI=1S/C22H20F2N6O3.C17H16F2N2O3.C16H15N5O4.C14H17NO5.C12H13NO5.C11H13NO4/c1-11-17(20(32)26-12-4-5-13(23)14(24)9-12)15-3-2-8-30(15)18(11)19(31)21(33)27-22(6-7-22)16-10-25-29-28-16;1-9-14(13-4-3-7-21(13)15(9)17(23)24-2)16(22)20-10-5-6-11(18)12(19)8-10;1-9-12(11-6-4-8-20(11)13(9)16(23)24-2)15(22)25-21-14-10(18-19-21)5-3-7-17-14;1-4-20-14(18)12(16)10-8(2)11(13(17)19-3)15-7-5-6-9(10)15;1-6-8(10(14)11(15)16)7-4-3-5-13(7)9(6)12(17)18-2;1-6-8(10(13)14)7-4-3-5-12(7)9(6)11(15)16-2/h4-5,9-10H,2-3,6-8H2,1H3,(H,26,32)(H,27,33)(H,25,28,29);5-6,8H,3-4,7H2,1-2H3,(H,20,22);3,5,7H,4,6,8H2,1-2H3;4-7H2,1-3H3;3-5H2,1-2H3,(H,15,16);3-5H2,1-2H3,(H,13,14). The third kappa shape index (κ3) is 18.8. The van der Waals surface area contributed by atoms with Crippen molar-refractivity contribution in [2.45, 2.75) is 183 Å². The summed E-state index contributed by atoms with van der Waals surface area (Å²) in [6.45, 7) is 15.4. The minimum atomic E-state index is -1.50. The van der Waals surface area contributed by atoms with Crippen molar-refractivity contribution in [2.75, 3.05) is 52.8 Å². The third-order valence-electron chi connectivity index (χ3n) is 24.5. The van der Waals surface area contributed by atoms with E-state index in [0.29, 0.717) is 198 Å². The van der Waals surface area contributed by atoms with Gasteiger partial charge in [-0.15, -0.1) is 5.10 Å². The van der Waals surface area contributed by atoms with Crippen molar-refractivity contribution in [3.8, 4) is 0 Å². The number of H-pyrrole nitrogens is 1. The number of anilines is 2. The van der Waals surface area contributed by atoms with Crippen molar-refractivity contribution < 1.29 is 133 Å². The predicted octanol–water partition coefficient (Wildman–Crippen LogP) is 9.68. The summed E-state index contributed by atoms with van der Waals surface area (Å²) in [6, 6.07) is 9.64. The zero-order chi connectivity index (χ0) is 98.5. The number of carboxylic acids is 2. The van der Waals surface area contributed by atoms with Crippen LogP contribution >= 0.6 is 0 Å². The monoisotopic (exact) mass is 1880 g/mol. The van der Waals surface area contributed by atoms with Crippen LogP contribution in [0.4, 0.5) is 28.9 Å². The Labute approximate surface area is 770 Å². The SMILES string of the molecule is CCOC(=O)C(=O)c1c(C)c(C(=O)OC)n2c1CCC2.COC(=O)c1c(C)c(C(=O)C(=O)O)c2n1CCC2.COC(=O)c1c(C)c(C(=O)Nc2ccc(F)c(F)c2)c2n1CCC2.COC(=O)c1c(C)c(C(=O)O)c2n1CCC2.COC(=O)c1c(C)c(C(=O)On2nnc3cccnc32)c2n1CCC2.Cc1c(C(=O)Nc2ccc(F)c(F)c2)c2n(c1C(=O)C(=O)NC1(c3cn[nH]n3)CC1)CCC2. The highest BCUT2D eigenvalue weighted by molar-refractivity contribution is 6.43. The molecule has 1 aliphatic carbocycles. The van der Waals surface area contributed by atoms with Crippen molar-refractivity contribution >= 4 is 111 Å². The molecule has 2 aromatic carbocycles. The summed E-state index contributed by atoms with van der Waals surface area (Å²) in [5, 5.41) is 43.8. The molecule has 0 radical (unpaired) electrons. The van der Waals surface area contributed by atoms with Crippen molar-refractivity contribution in [3.63, 3.8) is 0 Å². The molecule has 136 heavy (non-hydrogen) atoms. The number of benzene rings is 2. The lowest BCUT2D eigenvalue weighted by Gasteiger charge is -2.14. The van der Waals surface area contributed by atoms with E-state index in [1.807, 2.05) is 4.57 Å². The molecule has 714 valence electrons. The van der Waals surface area contributed by atoms with Crippen LogP contribution in [-0.4, -0.2) is 204 Å². The maximum atomic E-state index is 13.5. The number of carboxylic acid groups (broad SMARTS) is 2. The Morgan fingerprint density at radius 3 is 1.19 bits per heavy atom. The van der Waals surface area contributed by atoms with Crippen molar-refractivity contribution in [3.05, 3.63) is 225 Å². The van der Waals surface area contributed by atoms with Crippen LogP contribution in [-0.2, 0) is 126 Å². The van der Waals surface area contributed by atoms with Crippen molar-refractivity contribution in [2.24, 2.45) is 0 Å². The molecule has 44 heteroatoms. The van der Waals surface area contributed by atoms with Crippen LogP contribution in [0, 0.1) is 64.8 Å². The number of ketones is 3. The second kappa shape index (κ2) is 40.7. The lowest BCUT2D eigenvalue weighted by Crippen LogP contribution is -2.40. The number of ether oxygens (including phenoxy) is 6. The van der Waals surface area contributed by atoms with Crippen LogP contribution < -0.4 is 20.8 Å². The molecule has 11 aromatic rings. The third-order valence-corrected chi connectivity index (χ3v) is 24.5. The van der Waals surface area contributed by atoms with Crippen molar-refractivity contribution in [1.29, 1.82) is 0 Å². The topological polar surface area (TPSA) is 512 Å². The van der Waals surface area contributed by atoms with Crippen LogP contribution in [0.2, 0.25) is 0 Å². The fourth-order valence-corrected chi connectivity index (χ4v) is 18.4. The Bertz CT molecular complexity index is 6770. The summed E-state index contributed by atoms with van der Waals surface area (Å²) < 4.78 is 92.1. The molecule has 0 saturated heterocycles. The lowest BCUT2D eigenvalue weighted by atomic mass is 10.0. The molecular formula is C92H94F4N16O24. The predicted molar refractivity (Wildman–Crippen MR) is 466 cm³/mol. The summed E-state index contributed by atoms with van der Waals surface area (Å²) in [5.41, 5.74) is 11.7. The average Bonchev–Trinajstić information content (AvgIpc) is 1.59. The van der Waals surface area contributed by atoms with Gasteiger partial charge in [-0.1, -0.05) is 0 Å². The number of hydrogen-bond donors (Lipinski definition) is 6. The Morgan fingerprint density at radius 1 is 0.449 bits per heavy atom. The van der Waals surface area contributed by atoms with Gasteiger partial charge in [0.1, 0.15) is 39.7 Å². The molecular weight excluding hydrogens is 1790 g/mol. The molecule has 6 N–H and O–H groups in total. The number of aliphatic carboxylic acids is 1. The van der Waals surface area contributed by atoms with Crippen LogP contribution in [0.3, 0.4) is 0 Å². The van der Waals surface area contributed by atoms with E-state index in [9.17, 15) is 89.5 Å². The zero-order valence-electron chi connectivity index (χ0n) is 75.9. The highest BCUT2D eigenvalue weighted by Gasteiger charge is 2.50. The largest absolute Gasteiger partial charge is 0.478 e. The fraction of sp³-hybridized carbons (Fsp3) is 0.370. The van der Waals surface area contributed by atoms with Gasteiger partial charge in [0.15, 0.2) is 23.3 Å². The summed E-state index contributed by atoms with van der Waals surface area (Å²) in [5.74, 6) is -14.7. The summed E-state index contributed by atoms with van der Waals surface area (Å²) in [4.78, 5) is 192. The number of halogens is 4. The van der Waals surface area contributed by atoms with Crippen molar-refractivity contribution in [1.82, 2.24) is 68.3 Å². The van der Waals surface area contributed by atoms with E-state index >= 15 is 0 Å². The van der Waals surface area contributed by atoms with Gasteiger partial charge in [-0.2, -0.15) is 15.4 Å². The molecule has 18 rings (SSSR count). The average molecular weight is 1880 g/mol. The van der Waals surface area contributed by atoms with Gasteiger partial charge in [0.25, 0.3) is 35.1 Å². The molecule has 0 bridgehead atoms. The minimum Gasteiger partial charge on any atom is -0.478 e. The number of pyridine rings is 1. The molecule has 3 amide bonds. The van der Waals surface area contributed by atoms with Gasteiger partial charge in [-0.05, 0) is 218 Å². The number of aromatic nitrogens is 13. The number of fused-ring (bicyclic) bond motifs is 7. The number of methoxy groups -OCH3 is 5. The number of esters is 6. The number of Topliss-reactive ketones (excluding diaryl/α,β-unsaturated/α-hetero) is 3. The van der Waals surface area contributed by atoms with Gasteiger partial charge in [0.05, 0.1) is 93.0 Å². The fourth-order valence-electron chi connectivity index (χ4n) is 18.4. The maximum absolute atomic E-state index is 13.5. The van der Waals surface area contributed by atoms with Crippen LogP contribution in [0.15, 0.2) is 60.9 Å². The maximum Gasteiger partial charge on any atom is 0.379 e. The molecule has 1 fully saturated rings. The van der Waals surface area contributed by atoms with Crippen LogP contribution in [0.5, 0.6) is 0 Å². The molecule has 1 saturated carbocycles. The minimum absolute atomic E-state index is 0.0881. The van der Waals surface area contributed by atoms with E-state index in [1.165, 1.54) is 53.9 Å². The highest BCUT2D eigenvalue weighted by atomic mass is 19.2. The normalized spacial score (nSPS) is 13.7.